The van der Waals surface area contributed by atoms with Crippen LogP contribution in [0.5, 0.6) is 5.75 Å². The van der Waals surface area contributed by atoms with Gasteiger partial charge in [-0.1, -0.05) is 12.1 Å². The standard InChI is InChI=1S/C21H28N4O2/c1-15-13-22-20(17-5-6-17)25(15)18-9-11-24(12-10-18)21(26)23-14-16-3-7-19(27-2)8-4-16/h3-4,7-8,13,17-18H,5-6,9-12,14H2,1-2H3,(H,23,26). The first-order valence-corrected chi connectivity index (χ1v) is 9.85. The number of carbonyl (C=O) groups is 1. The van der Waals surface area contributed by atoms with E-state index in [-0.39, 0.29) is 6.03 Å². The normalized spacial score (nSPS) is 17.8. The Labute approximate surface area is 160 Å². The first-order valence-electron chi connectivity index (χ1n) is 9.85. The minimum absolute atomic E-state index is 0.0223. The summed E-state index contributed by atoms with van der Waals surface area (Å²) < 4.78 is 7.60. The van der Waals surface area contributed by atoms with Gasteiger partial charge in [-0.25, -0.2) is 9.78 Å². The fourth-order valence-electron chi connectivity index (χ4n) is 3.94. The molecule has 4 rings (SSSR count). The highest BCUT2D eigenvalue weighted by molar-refractivity contribution is 5.74. The summed E-state index contributed by atoms with van der Waals surface area (Å²) in [4.78, 5) is 19.1. The van der Waals surface area contributed by atoms with Crippen molar-refractivity contribution in [1.82, 2.24) is 19.8 Å². The van der Waals surface area contributed by atoms with Crippen molar-refractivity contribution >= 4 is 6.03 Å². The van der Waals surface area contributed by atoms with Crippen molar-refractivity contribution in [2.24, 2.45) is 0 Å². The number of aryl methyl sites for hydroxylation is 1. The number of amides is 2. The molecule has 2 aliphatic rings. The molecule has 144 valence electrons. The van der Waals surface area contributed by atoms with Gasteiger partial charge in [0.2, 0.25) is 0 Å². The molecule has 0 unspecified atom stereocenters. The molecule has 1 aromatic heterocycles. The third kappa shape index (κ3) is 3.94. The number of imidazole rings is 1. The second kappa shape index (κ2) is 7.62. The van der Waals surface area contributed by atoms with Crippen molar-refractivity contribution in [3.8, 4) is 5.75 Å². The number of benzene rings is 1. The van der Waals surface area contributed by atoms with Crippen LogP contribution >= 0.6 is 0 Å². The molecule has 2 amide bonds. The van der Waals surface area contributed by atoms with Gasteiger partial charge in [0.1, 0.15) is 11.6 Å². The number of aromatic nitrogens is 2. The van der Waals surface area contributed by atoms with E-state index in [0.29, 0.717) is 18.5 Å². The van der Waals surface area contributed by atoms with Gasteiger partial charge >= 0.3 is 6.03 Å². The molecule has 2 heterocycles. The fraction of sp³-hybridized carbons (Fsp3) is 0.524. The van der Waals surface area contributed by atoms with E-state index in [4.69, 9.17) is 4.74 Å². The number of piperidine rings is 1. The lowest BCUT2D eigenvalue weighted by Crippen LogP contribution is -2.44. The summed E-state index contributed by atoms with van der Waals surface area (Å²) in [7, 11) is 1.65. The third-order valence-corrected chi connectivity index (χ3v) is 5.67. The summed E-state index contributed by atoms with van der Waals surface area (Å²) in [5.41, 5.74) is 2.32. The molecule has 0 bridgehead atoms. The molecule has 0 spiro atoms. The van der Waals surface area contributed by atoms with Crippen molar-refractivity contribution in [3.05, 3.63) is 47.5 Å². The summed E-state index contributed by atoms with van der Waals surface area (Å²) in [5.74, 6) is 2.74. The number of urea groups is 1. The first kappa shape index (κ1) is 17.9. The molecule has 1 N–H and O–H groups in total. The number of nitrogens with one attached hydrogen (secondary N) is 1. The van der Waals surface area contributed by atoms with Gasteiger partial charge in [0, 0.05) is 43.5 Å². The van der Waals surface area contributed by atoms with Crippen LogP contribution in [-0.4, -0.2) is 40.7 Å². The molecule has 1 saturated carbocycles. The van der Waals surface area contributed by atoms with Gasteiger partial charge in [0.15, 0.2) is 0 Å². The van der Waals surface area contributed by atoms with E-state index in [1.807, 2.05) is 35.4 Å². The zero-order valence-corrected chi connectivity index (χ0v) is 16.1. The van der Waals surface area contributed by atoms with Crippen molar-refractivity contribution in [3.63, 3.8) is 0 Å². The number of carbonyl (C=O) groups excluding carboxylic acids is 1. The van der Waals surface area contributed by atoms with Crippen LogP contribution in [0, 0.1) is 6.92 Å². The molecule has 0 radical (unpaired) electrons. The molecule has 1 aliphatic carbocycles. The Bertz CT molecular complexity index is 787. The first-order chi connectivity index (χ1) is 13.2. The van der Waals surface area contributed by atoms with E-state index in [1.54, 1.807) is 7.11 Å². The second-order valence-electron chi connectivity index (χ2n) is 7.63. The fourth-order valence-corrected chi connectivity index (χ4v) is 3.94. The number of hydrogen-bond donors (Lipinski definition) is 1. The summed E-state index contributed by atoms with van der Waals surface area (Å²) in [6, 6.07) is 8.28. The maximum absolute atomic E-state index is 12.5. The van der Waals surface area contributed by atoms with E-state index in [2.05, 4.69) is 21.8 Å². The average Bonchev–Trinajstić information content (AvgIpc) is 3.48. The van der Waals surface area contributed by atoms with E-state index in [1.165, 1.54) is 24.4 Å². The highest BCUT2D eigenvalue weighted by Gasteiger charge is 2.32. The Morgan fingerprint density at radius 2 is 1.89 bits per heavy atom. The number of nitrogens with zero attached hydrogens (tertiary/aromatic N) is 3. The molecular formula is C21H28N4O2. The van der Waals surface area contributed by atoms with Crippen LogP contribution in [0.25, 0.3) is 0 Å². The Morgan fingerprint density at radius 1 is 1.19 bits per heavy atom. The van der Waals surface area contributed by atoms with Crippen LogP contribution in [0.4, 0.5) is 4.79 Å². The van der Waals surface area contributed by atoms with Gasteiger partial charge in [0.05, 0.1) is 7.11 Å². The number of hydrogen-bond acceptors (Lipinski definition) is 3. The molecule has 6 heteroatoms. The summed E-state index contributed by atoms with van der Waals surface area (Å²) in [6.07, 6.45) is 6.52. The van der Waals surface area contributed by atoms with Crippen LogP contribution < -0.4 is 10.1 Å². The highest BCUT2D eigenvalue weighted by Crippen LogP contribution is 2.41. The summed E-state index contributed by atoms with van der Waals surface area (Å²) in [5, 5.41) is 3.03. The van der Waals surface area contributed by atoms with Crippen molar-refractivity contribution in [1.29, 1.82) is 0 Å². The molecular weight excluding hydrogens is 340 g/mol. The molecule has 1 aromatic carbocycles. The van der Waals surface area contributed by atoms with E-state index in [9.17, 15) is 4.79 Å². The van der Waals surface area contributed by atoms with Crippen LogP contribution in [0.2, 0.25) is 0 Å². The van der Waals surface area contributed by atoms with Crippen LogP contribution in [0.1, 0.15) is 54.7 Å². The quantitative estimate of drug-likeness (QED) is 0.877. The summed E-state index contributed by atoms with van der Waals surface area (Å²) >= 11 is 0. The largest absolute Gasteiger partial charge is 0.497 e. The Kier molecular flexibility index (Phi) is 5.05. The van der Waals surface area contributed by atoms with E-state index >= 15 is 0 Å². The lowest BCUT2D eigenvalue weighted by atomic mass is 10.0. The van der Waals surface area contributed by atoms with Crippen molar-refractivity contribution in [2.45, 2.75) is 51.1 Å². The smallest absolute Gasteiger partial charge is 0.317 e. The molecule has 2 fully saturated rings. The lowest BCUT2D eigenvalue weighted by molar-refractivity contribution is 0.170. The van der Waals surface area contributed by atoms with Gasteiger partial charge in [0.25, 0.3) is 0 Å². The molecule has 6 nitrogen and oxygen atoms in total. The van der Waals surface area contributed by atoms with Gasteiger partial charge in [-0.05, 0) is 50.3 Å². The average molecular weight is 368 g/mol. The van der Waals surface area contributed by atoms with Crippen molar-refractivity contribution in [2.75, 3.05) is 20.2 Å². The second-order valence-corrected chi connectivity index (χ2v) is 7.63. The molecule has 1 saturated heterocycles. The van der Waals surface area contributed by atoms with Gasteiger partial charge in [-0.2, -0.15) is 0 Å². The van der Waals surface area contributed by atoms with Gasteiger partial charge in [-0.3, -0.25) is 0 Å². The Hall–Kier alpha value is -2.50. The Morgan fingerprint density at radius 3 is 2.52 bits per heavy atom. The minimum Gasteiger partial charge on any atom is -0.497 e. The van der Waals surface area contributed by atoms with E-state index in [0.717, 1.165) is 37.2 Å². The molecule has 0 atom stereocenters. The number of methoxy groups -OCH3 is 1. The maximum atomic E-state index is 12.5. The Balaban J connectivity index is 1.29. The zero-order chi connectivity index (χ0) is 18.8. The van der Waals surface area contributed by atoms with Crippen LogP contribution in [0.3, 0.4) is 0 Å². The monoisotopic (exact) mass is 368 g/mol. The number of ether oxygens (including phenoxy) is 1. The van der Waals surface area contributed by atoms with Crippen molar-refractivity contribution < 1.29 is 9.53 Å². The summed E-state index contributed by atoms with van der Waals surface area (Å²) in [6.45, 7) is 4.27. The minimum atomic E-state index is 0.0223. The predicted molar refractivity (Wildman–Crippen MR) is 104 cm³/mol. The lowest BCUT2D eigenvalue weighted by Gasteiger charge is -2.34. The van der Waals surface area contributed by atoms with Crippen LogP contribution in [0.15, 0.2) is 30.5 Å². The SMILES string of the molecule is COc1ccc(CNC(=O)N2CCC(n3c(C)cnc3C3CC3)CC2)cc1. The van der Waals surface area contributed by atoms with E-state index < -0.39 is 0 Å². The van der Waals surface area contributed by atoms with Crippen LogP contribution in [-0.2, 0) is 6.54 Å². The highest BCUT2D eigenvalue weighted by atomic mass is 16.5. The van der Waals surface area contributed by atoms with Gasteiger partial charge < -0.3 is 19.5 Å². The topological polar surface area (TPSA) is 59.4 Å². The maximum Gasteiger partial charge on any atom is 0.317 e. The molecule has 1 aliphatic heterocycles. The predicted octanol–water partition coefficient (Wildman–Crippen LogP) is 3.62. The number of rotatable bonds is 5. The molecule has 2 aromatic rings. The molecule has 27 heavy (non-hydrogen) atoms. The zero-order valence-electron chi connectivity index (χ0n) is 16.1. The number of likely N-dealkylation sites (tertiary alicyclic amines) is 1. The van der Waals surface area contributed by atoms with Gasteiger partial charge in [-0.15, -0.1) is 0 Å². The third-order valence-electron chi connectivity index (χ3n) is 5.67.